The molecule has 0 unspecified atom stereocenters. The molecule has 284 valence electrons. The fourth-order valence-electron chi connectivity index (χ4n) is 10.4. The summed E-state index contributed by atoms with van der Waals surface area (Å²) in [6.07, 6.45) is 1.82. The lowest BCUT2D eigenvalue weighted by atomic mass is 9.94. The Bertz CT molecular complexity index is 3680. The van der Waals surface area contributed by atoms with Crippen molar-refractivity contribution in [2.75, 3.05) is 0 Å². The Balaban J connectivity index is 1.08. The summed E-state index contributed by atoms with van der Waals surface area (Å²) in [5.74, 6) is 0. The fraction of sp³-hybridized carbons (Fsp3) is 0. The molecule has 0 amide bonds. The minimum atomic E-state index is -2.60. The van der Waals surface area contributed by atoms with E-state index in [0.29, 0.717) is 0 Å². The van der Waals surface area contributed by atoms with E-state index in [4.69, 9.17) is 4.98 Å². The number of hydrogen-bond acceptors (Lipinski definition) is 3. The van der Waals surface area contributed by atoms with Gasteiger partial charge in [0.25, 0.3) is 0 Å². The first-order valence-electron chi connectivity index (χ1n) is 20.8. The molecule has 4 aromatic heterocycles. The van der Waals surface area contributed by atoms with Crippen LogP contribution in [-0.4, -0.2) is 22.6 Å². The van der Waals surface area contributed by atoms with Crippen molar-refractivity contribution in [2.45, 2.75) is 0 Å². The van der Waals surface area contributed by atoms with Crippen LogP contribution in [0.5, 0.6) is 0 Å². The number of aromatic nitrogens is 3. The van der Waals surface area contributed by atoms with E-state index < -0.39 is 8.07 Å². The highest BCUT2D eigenvalue weighted by Gasteiger charge is 2.48. The van der Waals surface area contributed by atoms with Crippen molar-refractivity contribution in [3.8, 4) is 39.2 Å². The maximum absolute atomic E-state index is 5.03. The van der Waals surface area contributed by atoms with E-state index in [-0.39, 0.29) is 0 Å². The SMILES string of the molecule is c1ccc([Si]2(c3ccccc3)c3ccccc3-c3cc(-c4cc5c6ccccc6n(-c6cccc(-c7ccc8ncccc8n7)c6)c5c5sc6ccccc6c45)ccc32)cc1. The maximum Gasteiger partial charge on any atom is 0.180 e. The van der Waals surface area contributed by atoms with Gasteiger partial charge in [0, 0.05) is 43.7 Å². The zero-order valence-corrected chi connectivity index (χ0v) is 34.8. The van der Waals surface area contributed by atoms with E-state index in [0.717, 1.165) is 28.0 Å². The predicted octanol–water partition coefficient (Wildman–Crippen LogP) is 11.8. The first-order chi connectivity index (χ1) is 30.3. The summed E-state index contributed by atoms with van der Waals surface area (Å²) in [6.45, 7) is 0. The Labute approximate surface area is 357 Å². The number of hydrogen-bond donors (Lipinski definition) is 0. The van der Waals surface area contributed by atoms with Crippen LogP contribution in [-0.2, 0) is 0 Å². The molecule has 8 aromatic carbocycles. The van der Waals surface area contributed by atoms with E-state index >= 15 is 0 Å². The Morgan fingerprint density at radius 2 is 1.20 bits per heavy atom. The van der Waals surface area contributed by atoms with Crippen LogP contribution >= 0.6 is 11.3 Å². The quantitative estimate of drug-likeness (QED) is 0.162. The number of nitrogens with zero attached hydrogens (tertiary/aromatic N) is 3. The lowest BCUT2D eigenvalue weighted by molar-refractivity contribution is 1.19. The molecule has 0 aliphatic carbocycles. The highest BCUT2D eigenvalue weighted by molar-refractivity contribution is 7.26. The van der Waals surface area contributed by atoms with Gasteiger partial charge >= 0.3 is 0 Å². The van der Waals surface area contributed by atoms with Crippen molar-refractivity contribution in [2.24, 2.45) is 0 Å². The van der Waals surface area contributed by atoms with Crippen molar-refractivity contribution >= 4 is 93.2 Å². The van der Waals surface area contributed by atoms with Crippen LogP contribution in [0.15, 0.2) is 212 Å². The molecule has 0 radical (unpaired) electrons. The van der Waals surface area contributed by atoms with E-state index in [2.05, 4.69) is 204 Å². The molecule has 12 aromatic rings. The van der Waals surface area contributed by atoms with Gasteiger partial charge in [0.05, 0.1) is 32.5 Å². The van der Waals surface area contributed by atoms with Crippen molar-refractivity contribution in [1.82, 2.24) is 14.5 Å². The van der Waals surface area contributed by atoms with Gasteiger partial charge < -0.3 is 4.57 Å². The predicted molar refractivity (Wildman–Crippen MR) is 260 cm³/mol. The van der Waals surface area contributed by atoms with Crippen LogP contribution in [0.25, 0.3) is 92.2 Å². The van der Waals surface area contributed by atoms with Crippen LogP contribution in [0, 0.1) is 0 Å². The van der Waals surface area contributed by atoms with Gasteiger partial charge in [0.15, 0.2) is 8.07 Å². The number of rotatable bonds is 5. The standard InChI is InChI=1S/C56H35N3SSi/c1-3-17-39(18-4-1)61(40-19-5-2-6-20-40)52-27-12-9-22-42(52)45-34-36(28-31-53(45)61)44-35-46-41-21-7-10-25-50(41)59(55(46)56-54(44)43-23-8-11-26-51(43)60-56)38-16-13-15-37(33-38)47-29-30-48-49(58-47)24-14-32-57-48/h1-35H. The highest BCUT2D eigenvalue weighted by atomic mass is 32.1. The van der Waals surface area contributed by atoms with E-state index in [9.17, 15) is 0 Å². The van der Waals surface area contributed by atoms with E-state index in [1.807, 2.05) is 29.7 Å². The van der Waals surface area contributed by atoms with Crippen molar-refractivity contribution < 1.29 is 0 Å². The largest absolute Gasteiger partial charge is 0.308 e. The summed E-state index contributed by atoms with van der Waals surface area (Å²) in [4.78, 5) is 9.54. The molecule has 13 rings (SSSR count). The van der Waals surface area contributed by atoms with Crippen LogP contribution in [0.2, 0.25) is 0 Å². The third-order valence-corrected chi connectivity index (χ3v) is 19.0. The molecule has 5 heteroatoms. The zero-order chi connectivity index (χ0) is 40.1. The van der Waals surface area contributed by atoms with E-state index in [1.165, 1.54) is 85.0 Å². The summed E-state index contributed by atoms with van der Waals surface area (Å²) >= 11 is 1.90. The topological polar surface area (TPSA) is 30.7 Å². The Morgan fingerprint density at radius 3 is 2.05 bits per heavy atom. The number of thiophene rings is 1. The Hall–Kier alpha value is -7.44. The molecule has 5 heterocycles. The summed E-state index contributed by atoms with van der Waals surface area (Å²) in [5, 5.41) is 10.8. The summed E-state index contributed by atoms with van der Waals surface area (Å²) in [5.41, 5.74) is 12.5. The number of benzene rings is 8. The molecular weight excluding hydrogens is 775 g/mol. The number of para-hydroxylation sites is 1. The van der Waals surface area contributed by atoms with Gasteiger partial charge in [-0.05, 0) is 104 Å². The molecule has 0 saturated heterocycles. The van der Waals surface area contributed by atoms with Gasteiger partial charge in [-0.25, -0.2) is 4.98 Å². The number of fused-ring (bicyclic) bond motifs is 11. The minimum Gasteiger partial charge on any atom is -0.308 e. The normalized spacial score (nSPS) is 13.0. The average molecular weight is 810 g/mol. The third-order valence-electron chi connectivity index (χ3n) is 12.9. The highest BCUT2D eigenvalue weighted by Crippen LogP contribution is 2.48. The van der Waals surface area contributed by atoms with Gasteiger partial charge in [-0.2, -0.15) is 0 Å². The van der Waals surface area contributed by atoms with Gasteiger partial charge in [-0.1, -0.05) is 146 Å². The molecule has 3 nitrogen and oxygen atoms in total. The van der Waals surface area contributed by atoms with Gasteiger partial charge in [-0.15, -0.1) is 11.3 Å². The van der Waals surface area contributed by atoms with Crippen LogP contribution in [0.3, 0.4) is 0 Å². The molecular formula is C56H35N3SSi. The second-order valence-electron chi connectivity index (χ2n) is 16.1. The molecule has 0 bridgehead atoms. The molecule has 1 aliphatic heterocycles. The Morgan fingerprint density at radius 1 is 0.459 bits per heavy atom. The lowest BCUT2D eigenvalue weighted by Gasteiger charge is -2.31. The number of pyridine rings is 2. The van der Waals surface area contributed by atoms with Crippen LogP contribution in [0.1, 0.15) is 0 Å². The first-order valence-corrected chi connectivity index (χ1v) is 23.6. The second-order valence-corrected chi connectivity index (χ2v) is 20.8. The smallest absolute Gasteiger partial charge is 0.180 e. The maximum atomic E-state index is 5.03. The van der Waals surface area contributed by atoms with Crippen LogP contribution in [0.4, 0.5) is 0 Å². The van der Waals surface area contributed by atoms with Gasteiger partial charge in [-0.3, -0.25) is 4.98 Å². The first kappa shape index (κ1) is 34.4. The van der Waals surface area contributed by atoms with Crippen molar-refractivity contribution in [3.05, 3.63) is 212 Å². The molecule has 0 fully saturated rings. The monoisotopic (exact) mass is 809 g/mol. The lowest BCUT2D eigenvalue weighted by Crippen LogP contribution is -2.72. The minimum absolute atomic E-state index is 0.894. The molecule has 0 N–H and O–H groups in total. The summed E-state index contributed by atoms with van der Waals surface area (Å²) < 4.78 is 5.07. The molecule has 0 spiro atoms. The summed E-state index contributed by atoms with van der Waals surface area (Å²) in [6, 6.07) is 76.4. The molecule has 0 atom stereocenters. The third kappa shape index (κ3) is 4.96. The molecule has 61 heavy (non-hydrogen) atoms. The molecule has 0 saturated carbocycles. The van der Waals surface area contributed by atoms with Gasteiger partial charge in [0.2, 0.25) is 0 Å². The van der Waals surface area contributed by atoms with Crippen LogP contribution < -0.4 is 20.7 Å². The average Bonchev–Trinajstić information content (AvgIpc) is 3.98. The zero-order valence-electron chi connectivity index (χ0n) is 33.0. The second kappa shape index (κ2) is 13.3. The Kier molecular flexibility index (Phi) is 7.50. The van der Waals surface area contributed by atoms with Crippen molar-refractivity contribution in [3.63, 3.8) is 0 Å². The van der Waals surface area contributed by atoms with E-state index in [1.54, 1.807) is 0 Å². The molecule has 1 aliphatic rings. The van der Waals surface area contributed by atoms with Gasteiger partial charge in [0.1, 0.15) is 0 Å². The van der Waals surface area contributed by atoms with Crippen molar-refractivity contribution in [1.29, 1.82) is 0 Å². The fourth-order valence-corrected chi connectivity index (χ4v) is 16.8. The summed E-state index contributed by atoms with van der Waals surface area (Å²) in [7, 11) is -2.60.